The average molecular weight is 948 g/mol. The SMILES string of the molecule is COc1ncc(-c2nc3c(n2CCCC(=O)N2CCC(C#Cc4ccc5c(c4)n(C)c(=O)n5C4CCC(=O)NC4=O)CC2)[C@@H](c2ccc(Cl)cc2)N(c2cc(Cl)cn(C)c2=O)C3=O)c(OC)n1. The van der Waals surface area contributed by atoms with Crippen LogP contribution in [0, 0.1) is 17.8 Å². The summed E-state index contributed by atoms with van der Waals surface area (Å²) < 4.78 is 17.0. The number of amides is 4. The maximum Gasteiger partial charge on any atom is 0.329 e. The predicted octanol–water partition coefficient (Wildman–Crippen LogP) is 4.81. The monoisotopic (exact) mass is 946 g/mol. The number of imidazole rings is 2. The second kappa shape index (κ2) is 18.2. The van der Waals surface area contributed by atoms with Gasteiger partial charge in [0.1, 0.15) is 23.6 Å². The first kappa shape index (κ1) is 44.9. The van der Waals surface area contributed by atoms with Crippen molar-refractivity contribution >= 4 is 63.6 Å². The lowest BCUT2D eigenvalue weighted by molar-refractivity contribution is -0.136. The summed E-state index contributed by atoms with van der Waals surface area (Å²) in [7, 11) is 6.09. The molecule has 0 saturated carbocycles. The van der Waals surface area contributed by atoms with Gasteiger partial charge in [-0.3, -0.25) is 43.3 Å². The summed E-state index contributed by atoms with van der Waals surface area (Å²) in [4.78, 5) is 96.5. The Hall–Kier alpha value is -7.23. The summed E-state index contributed by atoms with van der Waals surface area (Å²) in [6.45, 7) is 1.28. The molecule has 18 nitrogen and oxygen atoms in total. The Morgan fingerprint density at radius 3 is 2.39 bits per heavy atom. The van der Waals surface area contributed by atoms with Crippen LogP contribution in [0.2, 0.25) is 10.0 Å². The number of likely N-dealkylation sites (tertiary alicyclic amines) is 1. The summed E-state index contributed by atoms with van der Waals surface area (Å²) in [5.74, 6) is 5.74. The van der Waals surface area contributed by atoms with E-state index in [0.717, 1.165) is 0 Å². The Bertz CT molecular complexity index is 3190. The van der Waals surface area contributed by atoms with Gasteiger partial charge in [-0.2, -0.15) is 4.98 Å². The highest BCUT2D eigenvalue weighted by Gasteiger charge is 2.46. The van der Waals surface area contributed by atoms with Crippen LogP contribution >= 0.6 is 23.2 Å². The Morgan fingerprint density at radius 2 is 1.67 bits per heavy atom. The molecule has 0 aliphatic carbocycles. The lowest BCUT2D eigenvalue weighted by atomic mass is 9.96. The topological polar surface area (TPSA) is 198 Å². The van der Waals surface area contributed by atoms with Crippen LogP contribution in [0.1, 0.15) is 77.9 Å². The lowest BCUT2D eigenvalue weighted by Crippen LogP contribution is -2.44. The van der Waals surface area contributed by atoms with Crippen LogP contribution in [0.25, 0.3) is 22.4 Å². The third-order valence-corrected chi connectivity index (χ3v) is 13.0. The molecule has 2 atom stereocenters. The van der Waals surface area contributed by atoms with Crippen LogP contribution < -0.4 is 30.9 Å². The van der Waals surface area contributed by atoms with Crippen molar-refractivity contribution in [3.63, 3.8) is 0 Å². The fraction of sp³-hybridized carbons (Fsp3) is 0.340. The van der Waals surface area contributed by atoms with E-state index in [9.17, 15) is 28.8 Å². The minimum Gasteiger partial charge on any atom is -0.480 e. The summed E-state index contributed by atoms with van der Waals surface area (Å²) in [5, 5.41) is 3.07. The number of ether oxygens (including phenoxy) is 2. The molecule has 0 bridgehead atoms. The van der Waals surface area contributed by atoms with Gasteiger partial charge in [-0.05, 0) is 67.6 Å². The molecule has 20 heteroatoms. The molecule has 2 aromatic carbocycles. The zero-order valence-corrected chi connectivity index (χ0v) is 38.4. The number of nitrogens with zero attached hydrogens (tertiary/aromatic N) is 9. The van der Waals surface area contributed by atoms with Crippen LogP contribution in [0.4, 0.5) is 5.69 Å². The lowest BCUT2D eigenvalue weighted by Gasteiger charge is -2.30. The van der Waals surface area contributed by atoms with E-state index in [-0.39, 0.29) is 77.5 Å². The van der Waals surface area contributed by atoms with Crippen molar-refractivity contribution in [2.75, 3.05) is 32.2 Å². The molecular weight excluding hydrogens is 903 g/mol. The van der Waals surface area contributed by atoms with Gasteiger partial charge in [0.15, 0.2) is 5.69 Å². The van der Waals surface area contributed by atoms with Crippen LogP contribution in [0.15, 0.2) is 70.5 Å². The molecule has 67 heavy (non-hydrogen) atoms. The van der Waals surface area contributed by atoms with Crippen LogP contribution in [0.3, 0.4) is 0 Å². The Labute approximate surface area is 393 Å². The average Bonchev–Trinajstić information content (AvgIpc) is 3.92. The number of aryl methyl sites for hydroxylation is 2. The molecule has 0 spiro atoms. The van der Waals surface area contributed by atoms with Gasteiger partial charge >= 0.3 is 11.7 Å². The van der Waals surface area contributed by atoms with E-state index in [2.05, 4.69) is 27.1 Å². The van der Waals surface area contributed by atoms with E-state index in [4.69, 9.17) is 37.7 Å². The van der Waals surface area contributed by atoms with E-state index in [1.165, 1.54) is 51.3 Å². The number of carbonyl (C=O) groups is 4. The molecule has 1 unspecified atom stereocenters. The summed E-state index contributed by atoms with van der Waals surface area (Å²) >= 11 is 12.8. The van der Waals surface area contributed by atoms with Crippen LogP contribution in [-0.2, 0) is 35.0 Å². The first-order valence-electron chi connectivity index (χ1n) is 21.6. The molecular formula is C47H44Cl2N10O8. The summed E-state index contributed by atoms with van der Waals surface area (Å²) in [6.07, 6.45) is 5.28. The van der Waals surface area contributed by atoms with Crippen molar-refractivity contribution in [2.24, 2.45) is 20.0 Å². The molecule has 1 N–H and O–H groups in total. The van der Waals surface area contributed by atoms with Gasteiger partial charge in [0.2, 0.25) is 23.6 Å². The molecule has 4 aromatic heterocycles. The van der Waals surface area contributed by atoms with E-state index < -0.39 is 29.5 Å². The first-order valence-corrected chi connectivity index (χ1v) is 22.4. The summed E-state index contributed by atoms with van der Waals surface area (Å²) in [5.41, 5.74) is 2.83. The van der Waals surface area contributed by atoms with Crippen molar-refractivity contribution in [1.29, 1.82) is 0 Å². The fourth-order valence-corrected chi connectivity index (χ4v) is 9.52. The normalized spacial score (nSPS) is 17.4. The third-order valence-electron chi connectivity index (χ3n) is 12.5. The van der Waals surface area contributed by atoms with Crippen molar-refractivity contribution in [3.05, 3.63) is 114 Å². The molecule has 344 valence electrons. The number of benzene rings is 2. The molecule has 9 rings (SSSR count). The van der Waals surface area contributed by atoms with Gasteiger partial charge in [0.25, 0.3) is 11.5 Å². The van der Waals surface area contributed by atoms with Gasteiger partial charge in [0, 0.05) is 75.5 Å². The number of hydrogen-bond acceptors (Lipinski definition) is 11. The van der Waals surface area contributed by atoms with Gasteiger partial charge in [-0.25, -0.2) is 14.8 Å². The van der Waals surface area contributed by atoms with Gasteiger partial charge in [-0.1, -0.05) is 47.2 Å². The van der Waals surface area contributed by atoms with E-state index in [1.54, 1.807) is 44.4 Å². The first-order chi connectivity index (χ1) is 32.3. The number of nitrogens with one attached hydrogen (secondary N) is 1. The highest BCUT2D eigenvalue weighted by atomic mass is 35.5. The standard InChI is InChI=1S/C47H44Cl2N10O8/c1-54-25-30(49)23-35(44(54)63)59-39(28-10-12-29(48)13-11-28)40-38(45(59)64)52-41(31-24-50-46(67-4)53-43(31)66-3)57(40)19-5-6-37(61)56-20-17-26(18-21-56)7-8-27-9-14-32-34(22-27)55(2)47(65)58(32)33-15-16-36(60)51-42(33)62/h9-14,22-26,33,39H,5-6,15-21H2,1-4H3,(H,51,60,62)/t33?,39-/m1/s1. The number of piperidine rings is 2. The highest BCUT2D eigenvalue weighted by Crippen LogP contribution is 2.44. The van der Waals surface area contributed by atoms with Crippen molar-refractivity contribution < 1.29 is 28.7 Å². The number of methoxy groups -OCH3 is 2. The number of imide groups is 1. The van der Waals surface area contributed by atoms with Gasteiger partial charge in [0.05, 0.1) is 41.5 Å². The van der Waals surface area contributed by atoms with Crippen LogP contribution in [-0.4, -0.2) is 89.1 Å². The zero-order valence-electron chi connectivity index (χ0n) is 36.9. The smallest absolute Gasteiger partial charge is 0.329 e. The number of aromatic nitrogens is 7. The molecule has 3 aliphatic heterocycles. The number of halogens is 2. The van der Waals surface area contributed by atoms with E-state index >= 15 is 0 Å². The highest BCUT2D eigenvalue weighted by molar-refractivity contribution is 6.31. The number of pyridine rings is 1. The second-order valence-corrected chi connectivity index (χ2v) is 17.5. The van der Waals surface area contributed by atoms with Crippen LogP contribution in [0.5, 0.6) is 11.9 Å². The third kappa shape index (κ3) is 8.33. The fourth-order valence-electron chi connectivity index (χ4n) is 9.15. The molecule has 6 aromatic rings. The number of anilines is 1. The van der Waals surface area contributed by atoms with Gasteiger partial charge in [-0.15, -0.1) is 0 Å². The van der Waals surface area contributed by atoms with E-state index in [0.29, 0.717) is 76.6 Å². The number of hydrogen-bond donors (Lipinski definition) is 1. The Balaban J connectivity index is 0.942. The number of fused-ring (bicyclic) bond motifs is 2. The molecule has 2 saturated heterocycles. The summed E-state index contributed by atoms with van der Waals surface area (Å²) in [6, 6.07) is 12.3. The Morgan fingerprint density at radius 1 is 0.910 bits per heavy atom. The van der Waals surface area contributed by atoms with Crippen molar-refractivity contribution in [3.8, 4) is 35.1 Å². The maximum absolute atomic E-state index is 14.6. The minimum absolute atomic E-state index is 0.0312. The number of rotatable bonds is 10. The molecule has 0 radical (unpaired) electrons. The van der Waals surface area contributed by atoms with Crippen molar-refractivity contribution in [1.82, 2.24) is 43.4 Å². The van der Waals surface area contributed by atoms with Gasteiger partial charge < -0.3 is 23.5 Å². The maximum atomic E-state index is 14.6. The van der Waals surface area contributed by atoms with Crippen molar-refractivity contribution in [2.45, 2.75) is 57.2 Å². The molecule has 4 amide bonds. The number of carbonyl (C=O) groups excluding carboxylic acids is 4. The zero-order chi connectivity index (χ0) is 47.3. The minimum atomic E-state index is -0.846. The largest absolute Gasteiger partial charge is 0.480 e. The molecule has 3 aliphatic rings. The Kier molecular flexibility index (Phi) is 12.2. The second-order valence-electron chi connectivity index (χ2n) is 16.6. The molecule has 2 fully saturated rings. The quantitative estimate of drug-likeness (QED) is 0.146. The molecule has 7 heterocycles. The predicted molar refractivity (Wildman–Crippen MR) is 247 cm³/mol. The van der Waals surface area contributed by atoms with E-state index in [1.807, 2.05) is 21.6 Å².